The fraction of sp³-hybridized carbons (Fsp3) is 0. The predicted octanol–water partition coefficient (Wildman–Crippen LogP) is 1.59. The van der Waals surface area contributed by atoms with Crippen LogP contribution in [-0.2, 0) is 10.0 Å². The molecule has 112 valence electrons. The summed E-state index contributed by atoms with van der Waals surface area (Å²) in [4.78, 5) is 3.43. The summed E-state index contributed by atoms with van der Waals surface area (Å²) in [6, 6.07) is 3.53. The number of nitrogen functional groups attached to an aromatic ring is 1. The second-order valence-electron chi connectivity index (χ2n) is 3.88. The molecule has 0 aliphatic carbocycles. The molecule has 0 atom stereocenters. The normalized spacial score (nSPS) is 11.2. The van der Waals surface area contributed by atoms with E-state index in [1.807, 2.05) is 4.72 Å². The molecular formula is C11H9F3N4O2S. The highest BCUT2D eigenvalue weighted by atomic mass is 32.2. The van der Waals surface area contributed by atoms with Crippen molar-refractivity contribution in [2.75, 3.05) is 10.1 Å². The van der Waals surface area contributed by atoms with E-state index >= 15 is 0 Å². The van der Waals surface area contributed by atoms with Crippen LogP contribution in [0.5, 0.6) is 0 Å². The van der Waals surface area contributed by atoms with Gasteiger partial charge in [-0.05, 0) is 12.1 Å². The second-order valence-corrected chi connectivity index (χ2v) is 5.57. The van der Waals surface area contributed by atoms with Gasteiger partial charge in [-0.15, -0.1) is 0 Å². The van der Waals surface area contributed by atoms with E-state index < -0.39 is 33.2 Å². The third-order valence-corrected chi connectivity index (χ3v) is 3.80. The van der Waals surface area contributed by atoms with Crippen molar-refractivity contribution in [2.24, 2.45) is 5.84 Å². The average molecular weight is 318 g/mol. The van der Waals surface area contributed by atoms with Gasteiger partial charge in [0.05, 0.1) is 5.69 Å². The number of anilines is 2. The summed E-state index contributed by atoms with van der Waals surface area (Å²) in [6.07, 6.45) is 0.994. The Bertz CT molecular complexity index is 743. The smallest absolute Gasteiger partial charge is 0.263 e. The highest BCUT2D eigenvalue weighted by Gasteiger charge is 2.17. The molecule has 6 nitrogen and oxygen atoms in total. The van der Waals surface area contributed by atoms with Gasteiger partial charge in [0.1, 0.15) is 10.7 Å². The van der Waals surface area contributed by atoms with Gasteiger partial charge in [-0.3, -0.25) is 4.72 Å². The number of rotatable bonds is 4. The molecule has 4 N–H and O–H groups in total. The Kier molecular flexibility index (Phi) is 4.00. The summed E-state index contributed by atoms with van der Waals surface area (Å²) in [5.74, 6) is 0.619. The van der Waals surface area contributed by atoms with Gasteiger partial charge in [-0.1, -0.05) is 0 Å². The predicted molar refractivity (Wildman–Crippen MR) is 69.2 cm³/mol. The number of nitrogens with two attached hydrogens (primary N) is 1. The number of halogens is 3. The Morgan fingerprint density at radius 1 is 1.10 bits per heavy atom. The summed E-state index contributed by atoms with van der Waals surface area (Å²) in [7, 11) is -4.12. The van der Waals surface area contributed by atoms with Crippen molar-refractivity contribution in [1.29, 1.82) is 0 Å². The monoisotopic (exact) mass is 318 g/mol. The Labute approximate surface area is 117 Å². The molecule has 0 saturated heterocycles. The van der Waals surface area contributed by atoms with Crippen LogP contribution < -0.4 is 16.0 Å². The van der Waals surface area contributed by atoms with Crippen LogP contribution in [0.3, 0.4) is 0 Å². The third kappa shape index (κ3) is 3.23. The lowest BCUT2D eigenvalue weighted by Gasteiger charge is -2.09. The van der Waals surface area contributed by atoms with Crippen molar-refractivity contribution in [3.8, 4) is 0 Å². The van der Waals surface area contributed by atoms with Crippen LogP contribution in [0, 0.1) is 17.5 Å². The lowest BCUT2D eigenvalue weighted by Crippen LogP contribution is -2.15. The van der Waals surface area contributed by atoms with Gasteiger partial charge >= 0.3 is 0 Å². The molecule has 0 fully saturated rings. The maximum atomic E-state index is 13.0. The van der Waals surface area contributed by atoms with Crippen LogP contribution in [-0.4, -0.2) is 13.4 Å². The number of pyridine rings is 1. The summed E-state index contributed by atoms with van der Waals surface area (Å²) in [5.41, 5.74) is 1.76. The highest BCUT2D eigenvalue weighted by molar-refractivity contribution is 7.92. The third-order valence-electron chi connectivity index (χ3n) is 2.43. The van der Waals surface area contributed by atoms with Crippen LogP contribution in [0.4, 0.5) is 24.7 Å². The summed E-state index contributed by atoms with van der Waals surface area (Å²) >= 11 is 0. The Balaban J connectivity index is 2.32. The summed E-state index contributed by atoms with van der Waals surface area (Å²) < 4.78 is 64.7. The molecule has 1 aromatic carbocycles. The molecule has 0 unspecified atom stereocenters. The number of nitrogens with one attached hydrogen (secondary N) is 2. The van der Waals surface area contributed by atoms with Crippen molar-refractivity contribution in [3.05, 3.63) is 47.9 Å². The molecule has 10 heteroatoms. The first-order valence-corrected chi connectivity index (χ1v) is 6.92. The van der Waals surface area contributed by atoms with E-state index in [1.54, 1.807) is 0 Å². The fourth-order valence-corrected chi connectivity index (χ4v) is 2.44. The van der Waals surface area contributed by atoms with Crippen molar-refractivity contribution < 1.29 is 21.6 Å². The zero-order valence-corrected chi connectivity index (χ0v) is 11.1. The first-order valence-electron chi connectivity index (χ1n) is 5.43. The number of hydrogen-bond acceptors (Lipinski definition) is 5. The minimum Gasteiger partial charge on any atom is -0.308 e. The first kappa shape index (κ1) is 15.1. The number of nitrogens with zero attached hydrogens (tertiary/aromatic N) is 1. The van der Waals surface area contributed by atoms with Crippen molar-refractivity contribution >= 4 is 21.5 Å². The number of sulfonamides is 1. The molecule has 0 aliphatic rings. The van der Waals surface area contributed by atoms with Gasteiger partial charge in [-0.2, -0.15) is 0 Å². The van der Waals surface area contributed by atoms with Crippen molar-refractivity contribution in [3.63, 3.8) is 0 Å². The zero-order valence-electron chi connectivity index (χ0n) is 10.3. The molecule has 1 heterocycles. The van der Waals surface area contributed by atoms with Crippen LogP contribution in [0.15, 0.2) is 35.4 Å². The van der Waals surface area contributed by atoms with Crippen LogP contribution in [0.25, 0.3) is 0 Å². The Hall–Kier alpha value is -2.33. The summed E-state index contributed by atoms with van der Waals surface area (Å²) in [6.45, 7) is 0. The quantitative estimate of drug-likeness (QED) is 0.452. The van der Waals surface area contributed by atoms with Gasteiger partial charge in [-0.25, -0.2) is 32.4 Å². The standard InChI is InChI=1S/C11H9F3N4O2S/c12-8-3-6(4-9(13)11(8)14)18-21(19,20)7-1-2-10(17-15)16-5-7/h1-5,18H,15H2,(H,16,17). The molecule has 21 heavy (non-hydrogen) atoms. The molecule has 0 aliphatic heterocycles. The van der Waals surface area contributed by atoms with Gasteiger partial charge in [0.2, 0.25) is 0 Å². The van der Waals surface area contributed by atoms with E-state index in [0.29, 0.717) is 12.1 Å². The van der Waals surface area contributed by atoms with E-state index in [9.17, 15) is 21.6 Å². The van der Waals surface area contributed by atoms with E-state index in [2.05, 4.69) is 10.4 Å². The fourth-order valence-electron chi connectivity index (χ4n) is 1.45. The number of hydrogen-bond donors (Lipinski definition) is 3. The number of hydrazine groups is 1. The molecule has 2 rings (SSSR count). The van der Waals surface area contributed by atoms with Gasteiger partial charge < -0.3 is 5.43 Å². The van der Waals surface area contributed by atoms with Gasteiger partial charge in [0.25, 0.3) is 10.0 Å². The lowest BCUT2D eigenvalue weighted by molar-refractivity contribution is 0.448. The molecule has 0 radical (unpaired) electrons. The van der Waals surface area contributed by atoms with Crippen molar-refractivity contribution in [2.45, 2.75) is 4.90 Å². The lowest BCUT2D eigenvalue weighted by atomic mass is 10.3. The van der Waals surface area contributed by atoms with E-state index in [1.165, 1.54) is 12.1 Å². The minimum absolute atomic E-state index is 0.229. The maximum Gasteiger partial charge on any atom is 0.263 e. The van der Waals surface area contributed by atoms with Crippen LogP contribution in [0.2, 0.25) is 0 Å². The Morgan fingerprint density at radius 3 is 2.19 bits per heavy atom. The maximum absolute atomic E-state index is 13.0. The molecule has 2 aromatic rings. The number of benzene rings is 1. The molecule has 0 spiro atoms. The highest BCUT2D eigenvalue weighted by Crippen LogP contribution is 2.20. The van der Waals surface area contributed by atoms with E-state index in [0.717, 1.165) is 6.20 Å². The molecule has 0 saturated carbocycles. The van der Waals surface area contributed by atoms with Gasteiger partial charge in [0.15, 0.2) is 17.5 Å². The zero-order chi connectivity index (χ0) is 15.6. The van der Waals surface area contributed by atoms with Gasteiger partial charge in [0, 0.05) is 18.3 Å². The van der Waals surface area contributed by atoms with Crippen LogP contribution in [0.1, 0.15) is 0 Å². The SMILES string of the molecule is NNc1ccc(S(=O)(=O)Nc2cc(F)c(F)c(F)c2)cn1. The summed E-state index contributed by atoms with van der Waals surface area (Å²) in [5, 5.41) is 0. The van der Waals surface area contributed by atoms with E-state index in [-0.39, 0.29) is 10.7 Å². The van der Waals surface area contributed by atoms with Crippen molar-refractivity contribution in [1.82, 2.24) is 4.98 Å². The minimum atomic E-state index is -4.12. The largest absolute Gasteiger partial charge is 0.308 e. The molecule has 0 bridgehead atoms. The molecule has 0 amide bonds. The first-order chi connectivity index (χ1) is 9.83. The number of aromatic nitrogens is 1. The topological polar surface area (TPSA) is 97.1 Å². The second kappa shape index (κ2) is 5.58. The van der Waals surface area contributed by atoms with Crippen LogP contribution >= 0.6 is 0 Å². The van der Waals surface area contributed by atoms with E-state index in [4.69, 9.17) is 5.84 Å². The average Bonchev–Trinajstić information content (AvgIpc) is 2.44. The Morgan fingerprint density at radius 2 is 1.71 bits per heavy atom. The molecular weight excluding hydrogens is 309 g/mol. The molecule has 1 aromatic heterocycles.